The summed E-state index contributed by atoms with van der Waals surface area (Å²) < 4.78 is 27.6. The maximum atomic E-state index is 13.9. The summed E-state index contributed by atoms with van der Waals surface area (Å²) in [5.74, 6) is -0.514. The smallest absolute Gasteiger partial charge is 0.149 e. The van der Waals surface area contributed by atoms with Crippen LogP contribution in [0.1, 0.15) is 22.4 Å². The molecule has 0 unspecified atom stereocenters. The van der Waals surface area contributed by atoms with Crippen molar-refractivity contribution >= 4 is 16.5 Å². The molecule has 0 saturated heterocycles. The molecule has 22 heavy (non-hydrogen) atoms. The monoisotopic (exact) mass is 293 g/mol. The largest absolute Gasteiger partial charge is 0.245 e. The summed E-state index contributed by atoms with van der Waals surface area (Å²) in [7, 11) is 0. The van der Waals surface area contributed by atoms with Crippen LogP contribution in [-0.4, -0.2) is 4.98 Å². The van der Waals surface area contributed by atoms with Gasteiger partial charge < -0.3 is 0 Å². The molecule has 3 heteroatoms. The number of fused-ring (bicyclic) bond motifs is 2. The van der Waals surface area contributed by atoms with Crippen molar-refractivity contribution in [1.29, 1.82) is 0 Å². The second-order valence-corrected chi connectivity index (χ2v) is 5.53. The zero-order valence-corrected chi connectivity index (χ0v) is 12.0. The molecule has 1 aliphatic rings. The van der Waals surface area contributed by atoms with Crippen LogP contribution in [0.15, 0.2) is 48.5 Å². The Morgan fingerprint density at radius 1 is 0.955 bits per heavy atom. The van der Waals surface area contributed by atoms with Crippen molar-refractivity contribution in [3.8, 4) is 0 Å². The molecule has 0 radical (unpaired) electrons. The Kier molecular flexibility index (Phi) is 2.83. The van der Waals surface area contributed by atoms with Gasteiger partial charge in [-0.2, -0.15) is 0 Å². The van der Waals surface area contributed by atoms with Crippen LogP contribution in [0.4, 0.5) is 8.78 Å². The fraction of sp³-hybridized carbons (Fsp3) is 0.105. The van der Waals surface area contributed by atoms with Crippen molar-refractivity contribution in [2.75, 3.05) is 0 Å². The molecule has 1 aliphatic carbocycles. The van der Waals surface area contributed by atoms with E-state index in [0.29, 0.717) is 17.5 Å². The molecule has 0 bridgehead atoms. The van der Waals surface area contributed by atoms with E-state index in [1.54, 1.807) is 19.1 Å². The Hall–Kier alpha value is -2.55. The van der Waals surface area contributed by atoms with Crippen LogP contribution < -0.4 is 0 Å². The van der Waals surface area contributed by atoms with E-state index in [2.05, 4.69) is 4.98 Å². The molecule has 0 N–H and O–H groups in total. The summed E-state index contributed by atoms with van der Waals surface area (Å²) >= 11 is 0. The van der Waals surface area contributed by atoms with E-state index >= 15 is 0 Å². The molecular formula is C19H13F2N. The average Bonchev–Trinajstić information content (AvgIpc) is 2.96. The predicted molar refractivity (Wildman–Crippen MR) is 83.6 cm³/mol. The lowest BCUT2D eigenvalue weighted by molar-refractivity contribution is 0.616. The zero-order valence-electron chi connectivity index (χ0n) is 12.0. The van der Waals surface area contributed by atoms with E-state index in [9.17, 15) is 8.78 Å². The molecule has 1 heterocycles. The van der Waals surface area contributed by atoms with Gasteiger partial charge in [0.05, 0.1) is 5.69 Å². The average molecular weight is 293 g/mol. The van der Waals surface area contributed by atoms with Gasteiger partial charge in [0.1, 0.15) is 17.2 Å². The number of rotatable bonds is 1. The third kappa shape index (κ3) is 1.86. The Balaban J connectivity index is 1.89. The number of hydrogen-bond donors (Lipinski definition) is 0. The third-order valence-corrected chi connectivity index (χ3v) is 4.28. The second kappa shape index (κ2) is 4.73. The Morgan fingerprint density at radius 3 is 2.68 bits per heavy atom. The number of nitrogens with zero attached hydrogens (tertiary/aromatic N) is 1. The summed E-state index contributed by atoms with van der Waals surface area (Å²) in [6, 6.07) is 12.0. The quantitative estimate of drug-likeness (QED) is 0.627. The maximum absolute atomic E-state index is 13.9. The van der Waals surface area contributed by atoms with Gasteiger partial charge >= 0.3 is 0 Å². The summed E-state index contributed by atoms with van der Waals surface area (Å²) in [4.78, 5) is 4.47. The second-order valence-electron chi connectivity index (χ2n) is 5.53. The highest BCUT2D eigenvalue weighted by molar-refractivity contribution is 5.87. The fourth-order valence-electron chi connectivity index (χ4n) is 3.06. The number of pyridine rings is 1. The highest BCUT2D eigenvalue weighted by Gasteiger charge is 2.20. The highest BCUT2D eigenvalue weighted by atomic mass is 19.1. The normalized spacial score (nSPS) is 13.3. The Labute approximate surface area is 126 Å². The van der Waals surface area contributed by atoms with Crippen molar-refractivity contribution < 1.29 is 8.78 Å². The van der Waals surface area contributed by atoms with Crippen LogP contribution in [0.3, 0.4) is 0 Å². The van der Waals surface area contributed by atoms with Gasteiger partial charge in [0.25, 0.3) is 0 Å². The van der Waals surface area contributed by atoms with Gasteiger partial charge in [-0.25, -0.2) is 13.8 Å². The maximum Gasteiger partial charge on any atom is 0.149 e. The van der Waals surface area contributed by atoms with Crippen molar-refractivity contribution in [2.24, 2.45) is 0 Å². The van der Waals surface area contributed by atoms with Gasteiger partial charge in [0.15, 0.2) is 0 Å². The molecule has 1 aromatic heterocycles. The Morgan fingerprint density at radius 2 is 1.82 bits per heavy atom. The molecule has 108 valence electrons. The van der Waals surface area contributed by atoms with Gasteiger partial charge in [0, 0.05) is 11.0 Å². The van der Waals surface area contributed by atoms with Crippen molar-refractivity contribution in [1.82, 2.24) is 4.98 Å². The van der Waals surface area contributed by atoms with Crippen molar-refractivity contribution in [2.45, 2.75) is 13.3 Å². The van der Waals surface area contributed by atoms with Crippen LogP contribution in [0, 0.1) is 18.6 Å². The van der Waals surface area contributed by atoms with Crippen LogP contribution in [0.25, 0.3) is 16.5 Å². The van der Waals surface area contributed by atoms with E-state index in [4.69, 9.17) is 0 Å². The molecule has 0 atom stereocenters. The Bertz CT molecular complexity index is 942. The van der Waals surface area contributed by atoms with E-state index in [-0.39, 0.29) is 11.6 Å². The minimum atomic E-state index is -0.326. The number of hydrogen-bond acceptors (Lipinski definition) is 1. The topological polar surface area (TPSA) is 12.9 Å². The third-order valence-electron chi connectivity index (χ3n) is 4.28. The van der Waals surface area contributed by atoms with Crippen LogP contribution in [0.2, 0.25) is 0 Å². The zero-order chi connectivity index (χ0) is 15.3. The SMILES string of the molecule is Cc1c(F)ccc2c1CC=C2c1ccc2cccc(F)c2n1. The summed E-state index contributed by atoms with van der Waals surface area (Å²) in [6.45, 7) is 1.79. The summed E-state index contributed by atoms with van der Waals surface area (Å²) in [6.07, 6.45) is 2.72. The molecule has 1 nitrogen and oxygen atoms in total. The summed E-state index contributed by atoms with van der Waals surface area (Å²) in [5, 5.41) is 0.776. The number of benzene rings is 2. The first-order chi connectivity index (χ1) is 10.6. The number of halogens is 2. The molecule has 0 aliphatic heterocycles. The van der Waals surface area contributed by atoms with Crippen molar-refractivity contribution in [3.05, 3.63) is 82.6 Å². The first-order valence-corrected chi connectivity index (χ1v) is 7.19. The van der Waals surface area contributed by atoms with Crippen molar-refractivity contribution in [3.63, 3.8) is 0 Å². The number of para-hydroxylation sites is 1. The molecule has 0 spiro atoms. The molecule has 0 saturated carbocycles. The fourth-order valence-corrected chi connectivity index (χ4v) is 3.06. The standard InChI is InChI=1S/C19H13F2N/c1-11-13-6-7-15(14(13)8-9-16(11)20)18-10-5-12-3-2-4-17(21)19(12)22-18/h2-5,7-10H,6H2,1H3. The molecule has 3 aromatic rings. The molecular weight excluding hydrogens is 280 g/mol. The lowest BCUT2D eigenvalue weighted by Gasteiger charge is -2.09. The van der Waals surface area contributed by atoms with Crippen LogP contribution >= 0.6 is 0 Å². The van der Waals surface area contributed by atoms with Gasteiger partial charge in [0.2, 0.25) is 0 Å². The lowest BCUT2D eigenvalue weighted by atomic mass is 9.98. The number of allylic oxidation sites excluding steroid dienone is 1. The van der Waals surface area contributed by atoms with E-state index in [1.807, 2.05) is 24.3 Å². The molecule has 2 aromatic carbocycles. The van der Waals surface area contributed by atoms with Gasteiger partial charge in [-0.1, -0.05) is 30.3 Å². The first-order valence-electron chi connectivity index (χ1n) is 7.19. The molecule has 0 fully saturated rings. The van der Waals surface area contributed by atoms with Gasteiger partial charge in [-0.15, -0.1) is 0 Å². The minimum absolute atomic E-state index is 0.189. The van der Waals surface area contributed by atoms with Gasteiger partial charge in [-0.05, 0) is 48.2 Å². The van der Waals surface area contributed by atoms with Crippen LogP contribution in [0.5, 0.6) is 0 Å². The molecule has 4 rings (SSSR count). The number of aromatic nitrogens is 1. The van der Waals surface area contributed by atoms with Gasteiger partial charge in [-0.3, -0.25) is 0 Å². The summed E-state index contributed by atoms with van der Waals surface area (Å²) in [5.41, 5.74) is 4.70. The van der Waals surface area contributed by atoms with E-state index in [1.165, 1.54) is 12.1 Å². The highest BCUT2D eigenvalue weighted by Crippen LogP contribution is 2.35. The minimum Gasteiger partial charge on any atom is -0.245 e. The molecule has 0 amide bonds. The lowest BCUT2D eigenvalue weighted by Crippen LogP contribution is -1.96. The van der Waals surface area contributed by atoms with Crippen LogP contribution in [-0.2, 0) is 6.42 Å². The predicted octanol–water partition coefficient (Wildman–Crippen LogP) is 4.81. The van der Waals surface area contributed by atoms with E-state index in [0.717, 1.165) is 27.8 Å². The van der Waals surface area contributed by atoms with E-state index < -0.39 is 0 Å². The first kappa shape index (κ1) is 13.1.